The van der Waals surface area contributed by atoms with E-state index in [9.17, 15) is 0 Å². The normalized spacial score (nSPS) is 16.1. The number of benzene rings is 4. The molecule has 0 bridgehead atoms. The summed E-state index contributed by atoms with van der Waals surface area (Å²) in [4.78, 5) is 0. The van der Waals surface area contributed by atoms with Gasteiger partial charge in [-0.15, -0.1) is 0 Å². The first-order valence-corrected chi connectivity index (χ1v) is 11.4. The summed E-state index contributed by atoms with van der Waals surface area (Å²) in [6, 6.07) is 32.8. The molecule has 1 aliphatic carbocycles. The van der Waals surface area contributed by atoms with E-state index in [-0.39, 0.29) is 0 Å². The van der Waals surface area contributed by atoms with Crippen molar-refractivity contribution < 1.29 is 0 Å². The Kier molecular flexibility index (Phi) is 4.57. The summed E-state index contributed by atoms with van der Waals surface area (Å²) in [6.45, 7) is 0. The van der Waals surface area contributed by atoms with Crippen LogP contribution in [0.1, 0.15) is 30.7 Å². The molecule has 156 valence electrons. The van der Waals surface area contributed by atoms with Crippen LogP contribution in [0.5, 0.6) is 0 Å². The van der Waals surface area contributed by atoms with Crippen LogP contribution in [-0.4, -0.2) is 4.57 Å². The molecule has 0 radical (unpaired) electrons. The number of anilines is 1. The molecule has 0 fully saturated rings. The second-order valence-electron chi connectivity index (χ2n) is 8.78. The van der Waals surface area contributed by atoms with E-state index in [0.717, 1.165) is 12.1 Å². The summed E-state index contributed by atoms with van der Waals surface area (Å²) in [5, 5.41) is 2.59. The summed E-state index contributed by atoms with van der Waals surface area (Å²) >= 11 is 0. The minimum absolute atomic E-state index is 0.608. The topological polar surface area (TPSA) is 30.9 Å². The Hall–Kier alpha value is -3.78. The maximum atomic E-state index is 5.91. The highest BCUT2D eigenvalue weighted by Crippen LogP contribution is 2.38. The predicted octanol–water partition coefficient (Wildman–Crippen LogP) is 7.86. The number of nitrogen functional groups attached to an aromatic ring is 1. The molecule has 2 N–H and O–H groups in total. The molecular weight excluding hydrogens is 388 g/mol. The van der Waals surface area contributed by atoms with Crippen molar-refractivity contribution in [3.05, 3.63) is 109 Å². The monoisotopic (exact) mass is 414 g/mol. The van der Waals surface area contributed by atoms with Crippen molar-refractivity contribution in [3.8, 4) is 16.8 Å². The molecule has 0 amide bonds. The zero-order valence-electron chi connectivity index (χ0n) is 18.0. The number of allylic oxidation sites excluding steroid dienone is 2. The third-order valence-corrected chi connectivity index (χ3v) is 6.79. The van der Waals surface area contributed by atoms with E-state index in [1.807, 2.05) is 12.1 Å². The van der Waals surface area contributed by atoms with Gasteiger partial charge in [-0.2, -0.15) is 0 Å². The third kappa shape index (κ3) is 3.20. The molecule has 1 aromatic heterocycles. The Morgan fingerprint density at radius 1 is 0.688 bits per heavy atom. The summed E-state index contributed by atoms with van der Waals surface area (Å²) < 4.78 is 2.42. The van der Waals surface area contributed by atoms with Crippen LogP contribution in [0, 0.1) is 0 Å². The molecular formula is C30H26N2. The number of hydrogen-bond donors (Lipinski definition) is 1. The molecule has 5 aromatic rings. The van der Waals surface area contributed by atoms with E-state index in [1.165, 1.54) is 57.0 Å². The predicted molar refractivity (Wildman–Crippen MR) is 136 cm³/mol. The van der Waals surface area contributed by atoms with E-state index in [0.29, 0.717) is 5.92 Å². The highest BCUT2D eigenvalue weighted by Gasteiger charge is 2.17. The standard InChI is InChI=1S/C30H26N2/c31-25-15-11-22(12-16-25)23-14-18-29-28(19-23)27-17-13-24(21-7-3-1-4-8-21)20-30(27)32(29)26-9-5-2-6-10-26/h1-3,5-6,9-21H,4,7-8,31H2. The summed E-state index contributed by atoms with van der Waals surface area (Å²) in [7, 11) is 0. The molecule has 1 heterocycles. The van der Waals surface area contributed by atoms with Gasteiger partial charge in [0.15, 0.2) is 0 Å². The van der Waals surface area contributed by atoms with E-state index in [2.05, 4.69) is 95.6 Å². The van der Waals surface area contributed by atoms with Gasteiger partial charge >= 0.3 is 0 Å². The van der Waals surface area contributed by atoms with Gasteiger partial charge in [-0.05, 0) is 84.3 Å². The maximum absolute atomic E-state index is 5.91. The van der Waals surface area contributed by atoms with Gasteiger partial charge in [0.05, 0.1) is 11.0 Å². The van der Waals surface area contributed by atoms with Crippen LogP contribution in [-0.2, 0) is 0 Å². The van der Waals surface area contributed by atoms with Gasteiger partial charge < -0.3 is 10.3 Å². The van der Waals surface area contributed by atoms with E-state index in [1.54, 1.807) is 0 Å². The lowest BCUT2D eigenvalue weighted by atomic mass is 9.87. The van der Waals surface area contributed by atoms with Gasteiger partial charge in [0.1, 0.15) is 0 Å². The van der Waals surface area contributed by atoms with Gasteiger partial charge in [-0.25, -0.2) is 0 Å². The molecule has 32 heavy (non-hydrogen) atoms. The number of nitrogens with two attached hydrogens (primary N) is 1. The Labute approximate surface area is 188 Å². The average molecular weight is 415 g/mol. The lowest BCUT2D eigenvalue weighted by Gasteiger charge is -2.18. The number of rotatable bonds is 3. The molecule has 2 heteroatoms. The Balaban J connectivity index is 1.60. The summed E-state index contributed by atoms with van der Waals surface area (Å²) in [5.74, 6) is 0.608. The smallest absolute Gasteiger partial charge is 0.0543 e. The fraction of sp³-hybridized carbons (Fsp3) is 0.133. The Morgan fingerprint density at radius 2 is 1.50 bits per heavy atom. The molecule has 0 aliphatic heterocycles. The summed E-state index contributed by atoms with van der Waals surface area (Å²) in [5.41, 5.74) is 14.3. The van der Waals surface area contributed by atoms with Gasteiger partial charge in [0, 0.05) is 22.1 Å². The molecule has 0 saturated heterocycles. The van der Waals surface area contributed by atoms with Crippen molar-refractivity contribution in [1.82, 2.24) is 4.57 Å². The van der Waals surface area contributed by atoms with Crippen LogP contribution >= 0.6 is 0 Å². The fourth-order valence-electron chi connectivity index (χ4n) is 5.10. The first-order chi connectivity index (χ1) is 15.8. The van der Waals surface area contributed by atoms with Crippen molar-refractivity contribution in [2.45, 2.75) is 25.2 Å². The van der Waals surface area contributed by atoms with Crippen molar-refractivity contribution in [1.29, 1.82) is 0 Å². The van der Waals surface area contributed by atoms with Crippen molar-refractivity contribution >= 4 is 27.5 Å². The second-order valence-corrected chi connectivity index (χ2v) is 8.78. The van der Waals surface area contributed by atoms with E-state index >= 15 is 0 Å². The van der Waals surface area contributed by atoms with Gasteiger partial charge in [-0.1, -0.05) is 60.7 Å². The molecule has 1 unspecified atom stereocenters. The van der Waals surface area contributed by atoms with Crippen molar-refractivity contribution in [3.63, 3.8) is 0 Å². The van der Waals surface area contributed by atoms with Gasteiger partial charge in [0.25, 0.3) is 0 Å². The highest BCUT2D eigenvalue weighted by molar-refractivity contribution is 6.10. The number of hydrogen-bond acceptors (Lipinski definition) is 1. The van der Waals surface area contributed by atoms with Gasteiger partial charge in [0.2, 0.25) is 0 Å². The minimum Gasteiger partial charge on any atom is -0.399 e. The quantitative estimate of drug-likeness (QED) is 0.236. The van der Waals surface area contributed by atoms with E-state index < -0.39 is 0 Å². The van der Waals surface area contributed by atoms with Crippen molar-refractivity contribution in [2.75, 3.05) is 5.73 Å². The lowest BCUT2D eigenvalue weighted by Crippen LogP contribution is -2.01. The maximum Gasteiger partial charge on any atom is 0.0543 e. The third-order valence-electron chi connectivity index (χ3n) is 6.79. The fourth-order valence-corrected chi connectivity index (χ4v) is 5.10. The first kappa shape index (κ1) is 18.9. The Bertz CT molecular complexity index is 1440. The number of para-hydroxylation sites is 1. The van der Waals surface area contributed by atoms with Crippen LogP contribution < -0.4 is 5.73 Å². The number of nitrogens with zero attached hydrogens (tertiary/aromatic N) is 1. The van der Waals surface area contributed by atoms with Crippen LogP contribution in [0.25, 0.3) is 38.6 Å². The number of aromatic nitrogens is 1. The van der Waals surface area contributed by atoms with Gasteiger partial charge in [-0.3, -0.25) is 0 Å². The first-order valence-electron chi connectivity index (χ1n) is 11.4. The minimum atomic E-state index is 0.608. The molecule has 0 saturated carbocycles. The number of fused-ring (bicyclic) bond motifs is 3. The van der Waals surface area contributed by atoms with Crippen LogP contribution in [0.2, 0.25) is 0 Å². The summed E-state index contributed by atoms with van der Waals surface area (Å²) in [6.07, 6.45) is 8.20. The van der Waals surface area contributed by atoms with Crippen LogP contribution in [0.3, 0.4) is 0 Å². The second kappa shape index (κ2) is 7.72. The Morgan fingerprint density at radius 3 is 2.28 bits per heavy atom. The molecule has 6 rings (SSSR count). The molecule has 1 aliphatic rings. The van der Waals surface area contributed by atoms with Crippen molar-refractivity contribution in [2.24, 2.45) is 0 Å². The van der Waals surface area contributed by atoms with Crippen LogP contribution in [0.4, 0.5) is 5.69 Å². The lowest BCUT2D eigenvalue weighted by molar-refractivity contribution is 0.617. The largest absolute Gasteiger partial charge is 0.399 e. The molecule has 1 atom stereocenters. The molecule has 4 aromatic carbocycles. The van der Waals surface area contributed by atoms with E-state index in [4.69, 9.17) is 5.73 Å². The zero-order valence-corrected chi connectivity index (χ0v) is 18.0. The highest BCUT2D eigenvalue weighted by atomic mass is 15.0. The molecule has 2 nitrogen and oxygen atoms in total. The average Bonchev–Trinajstić information content (AvgIpc) is 3.18. The van der Waals surface area contributed by atoms with Crippen LogP contribution in [0.15, 0.2) is 103 Å². The molecule has 0 spiro atoms. The SMILES string of the molecule is Nc1ccc(-c2ccc3c(c2)c2ccc(C4CC=CCC4)cc2n3-c2ccccc2)cc1. The zero-order chi connectivity index (χ0) is 21.5.